The number of hydrogen-bond donors (Lipinski definition) is 1. The molecular weight excluding hydrogens is 460 g/mol. The molecule has 0 unspecified atom stereocenters. The number of anilines is 1. The molecule has 184 valence electrons. The highest BCUT2D eigenvalue weighted by atomic mass is 15.0. The van der Waals surface area contributed by atoms with Crippen LogP contribution in [0.25, 0.3) is 39.9 Å². The molecule has 38 heavy (non-hydrogen) atoms. The lowest BCUT2D eigenvalue weighted by Gasteiger charge is -2.06. The van der Waals surface area contributed by atoms with E-state index in [1.54, 1.807) is 6.08 Å². The Balaban J connectivity index is 1.67. The van der Waals surface area contributed by atoms with Gasteiger partial charge in [0.2, 0.25) is 0 Å². The topological polar surface area (TPSA) is 30.9 Å². The second-order valence-electron chi connectivity index (χ2n) is 8.93. The van der Waals surface area contributed by atoms with Gasteiger partial charge in [0.05, 0.1) is 10.9 Å². The number of nitrogen functional groups attached to an aromatic ring is 1. The van der Waals surface area contributed by atoms with Crippen LogP contribution in [0.1, 0.15) is 5.56 Å². The summed E-state index contributed by atoms with van der Waals surface area (Å²) < 4.78 is 2.33. The summed E-state index contributed by atoms with van der Waals surface area (Å²) in [5, 5.41) is 3.53. The van der Waals surface area contributed by atoms with Crippen LogP contribution in [0.2, 0.25) is 0 Å². The zero-order valence-corrected chi connectivity index (χ0v) is 21.2. The summed E-state index contributed by atoms with van der Waals surface area (Å²) in [5.74, 6) is 0. The molecule has 1 aromatic heterocycles. The number of hydrogen-bond acceptors (Lipinski definition) is 1. The molecule has 0 saturated heterocycles. The molecule has 0 aliphatic rings. The quantitative estimate of drug-likeness (QED) is 0.188. The lowest BCUT2D eigenvalue weighted by atomic mass is 10.0. The van der Waals surface area contributed by atoms with Crippen molar-refractivity contribution >= 4 is 28.7 Å². The number of aromatic nitrogens is 1. The summed E-state index contributed by atoms with van der Waals surface area (Å²) in [6.07, 6.45) is 18.3. The second kappa shape index (κ2) is 11.8. The molecule has 0 saturated carbocycles. The Hall–Kier alpha value is -5.08. The highest BCUT2D eigenvalue weighted by Gasteiger charge is 2.09. The molecule has 0 aliphatic heterocycles. The van der Waals surface area contributed by atoms with Crippen molar-refractivity contribution in [2.45, 2.75) is 0 Å². The summed E-state index contributed by atoms with van der Waals surface area (Å²) in [4.78, 5) is 0. The third-order valence-corrected chi connectivity index (χ3v) is 6.38. The van der Waals surface area contributed by atoms with Gasteiger partial charge in [-0.1, -0.05) is 122 Å². The number of nitrogens with two attached hydrogens (primary N) is 1. The maximum absolute atomic E-state index is 5.86. The zero-order chi connectivity index (χ0) is 26.2. The fourth-order valence-electron chi connectivity index (χ4n) is 4.55. The van der Waals surface area contributed by atoms with Gasteiger partial charge < -0.3 is 10.3 Å². The van der Waals surface area contributed by atoms with Gasteiger partial charge in [-0.25, -0.2) is 0 Å². The van der Waals surface area contributed by atoms with Crippen molar-refractivity contribution in [3.8, 4) is 16.8 Å². The van der Waals surface area contributed by atoms with Gasteiger partial charge in [0.15, 0.2) is 0 Å². The molecule has 0 spiro atoms. The first kappa shape index (κ1) is 24.6. The van der Waals surface area contributed by atoms with Crippen LogP contribution >= 0.6 is 0 Å². The van der Waals surface area contributed by atoms with Crippen LogP contribution in [-0.2, 0) is 0 Å². The Morgan fingerprint density at radius 2 is 1.21 bits per heavy atom. The molecule has 0 bridgehead atoms. The minimum Gasteiger partial charge on any atom is -0.399 e. The number of para-hydroxylation sites is 2. The molecule has 0 aliphatic carbocycles. The van der Waals surface area contributed by atoms with Gasteiger partial charge in [-0.3, -0.25) is 0 Å². The molecule has 5 rings (SSSR count). The molecule has 5 aromatic rings. The molecule has 0 atom stereocenters. The lowest BCUT2D eigenvalue weighted by molar-refractivity contribution is 1.07. The largest absolute Gasteiger partial charge is 0.399 e. The Morgan fingerprint density at radius 3 is 1.92 bits per heavy atom. The van der Waals surface area contributed by atoms with Crippen molar-refractivity contribution in [3.05, 3.63) is 168 Å². The number of fused-ring (bicyclic) bond motifs is 1. The number of allylic oxidation sites excluding steroid dienone is 7. The van der Waals surface area contributed by atoms with Crippen LogP contribution in [0.4, 0.5) is 5.69 Å². The molecule has 2 nitrogen and oxygen atoms in total. The SMILES string of the molecule is C=C\C=C/C=C\C=C\C=c1/c(=C\c2ccc(-c3ccc(N)cc3)cc2)c2ccccc2n1-c1ccccc1. The molecule has 0 amide bonds. The van der Waals surface area contributed by atoms with Gasteiger partial charge in [0, 0.05) is 22.0 Å². The third-order valence-electron chi connectivity index (χ3n) is 6.38. The molecule has 2 heteroatoms. The minimum absolute atomic E-state index is 0.773. The fourth-order valence-corrected chi connectivity index (χ4v) is 4.55. The summed E-state index contributed by atoms with van der Waals surface area (Å²) in [6, 6.07) is 35.8. The van der Waals surface area contributed by atoms with Crippen molar-refractivity contribution in [2.75, 3.05) is 5.73 Å². The Labute approximate surface area is 224 Å². The molecular formula is C36H30N2. The van der Waals surface area contributed by atoms with Crippen LogP contribution < -0.4 is 16.3 Å². The Morgan fingerprint density at radius 1 is 0.605 bits per heavy atom. The summed E-state index contributed by atoms with van der Waals surface area (Å²) in [5.41, 5.74) is 12.4. The highest BCUT2D eigenvalue weighted by Crippen LogP contribution is 2.21. The third kappa shape index (κ3) is 5.50. The predicted octanol–water partition coefficient (Wildman–Crippen LogP) is 7.34. The Kier molecular flexibility index (Phi) is 7.62. The van der Waals surface area contributed by atoms with Crippen LogP contribution in [0.5, 0.6) is 0 Å². The van der Waals surface area contributed by atoms with Gasteiger partial charge in [0.25, 0.3) is 0 Å². The molecule has 4 aromatic carbocycles. The number of rotatable bonds is 7. The van der Waals surface area contributed by atoms with Gasteiger partial charge in [0.1, 0.15) is 0 Å². The van der Waals surface area contributed by atoms with Crippen LogP contribution in [0.15, 0.2) is 152 Å². The smallest absolute Gasteiger partial charge is 0.0541 e. The van der Waals surface area contributed by atoms with E-state index in [9.17, 15) is 0 Å². The van der Waals surface area contributed by atoms with Crippen LogP contribution in [0, 0.1) is 0 Å². The molecule has 0 radical (unpaired) electrons. The van der Waals surface area contributed by atoms with Crippen molar-refractivity contribution in [2.24, 2.45) is 0 Å². The van der Waals surface area contributed by atoms with E-state index in [0.29, 0.717) is 0 Å². The van der Waals surface area contributed by atoms with E-state index in [2.05, 4.69) is 120 Å². The van der Waals surface area contributed by atoms with E-state index < -0.39 is 0 Å². The van der Waals surface area contributed by atoms with E-state index >= 15 is 0 Å². The standard InChI is InChI=1S/C36H30N2/c1-2-3-4-5-6-7-11-17-36-34(27-28-19-21-29(22-20-28)30-23-25-31(37)26-24-30)33-16-12-13-18-35(33)38(36)32-14-9-8-10-15-32/h2-27H,1,37H2/b4-3-,6-5-,11-7+,34-27-,36-17+. The van der Waals surface area contributed by atoms with Crippen LogP contribution in [-0.4, -0.2) is 4.57 Å². The van der Waals surface area contributed by atoms with E-state index in [1.807, 2.05) is 42.5 Å². The first-order chi connectivity index (χ1) is 18.7. The van der Waals surface area contributed by atoms with Gasteiger partial charge in [-0.2, -0.15) is 0 Å². The average molecular weight is 491 g/mol. The second-order valence-corrected chi connectivity index (χ2v) is 8.93. The summed E-state index contributed by atoms with van der Waals surface area (Å²) >= 11 is 0. The number of nitrogens with zero attached hydrogens (tertiary/aromatic N) is 1. The van der Waals surface area contributed by atoms with Gasteiger partial charge in [-0.05, 0) is 59.2 Å². The first-order valence-corrected chi connectivity index (χ1v) is 12.7. The predicted molar refractivity (Wildman–Crippen MR) is 164 cm³/mol. The monoisotopic (exact) mass is 490 g/mol. The van der Waals surface area contributed by atoms with E-state index in [1.165, 1.54) is 21.7 Å². The highest BCUT2D eigenvalue weighted by molar-refractivity contribution is 5.85. The van der Waals surface area contributed by atoms with Gasteiger partial charge in [-0.15, -0.1) is 0 Å². The van der Waals surface area contributed by atoms with Crippen molar-refractivity contribution in [3.63, 3.8) is 0 Å². The maximum atomic E-state index is 5.86. The van der Waals surface area contributed by atoms with Crippen molar-refractivity contribution in [1.29, 1.82) is 0 Å². The van der Waals surface area contributed by atoms with E-state index in [-0.39, 0.29) is 0 Å². The maximum Gasteiger partial charge on any atom is 0.0541 e. The summed E-state index contributed by atoms with van der Waals surface area (Å²) in [6.45, 7) is 3.71. The first-order valence-electron chi connectivity index (χ1n) is 12.7. The van der Waals surface area contributed by atoms with Crippen molar-refractivity contribution in [1.82, 2.24) is 4.57 Å². The lowest BCUT2D eigenvalue weighted by Crippen LogP contribution is -2.28. The number of benzene rings is 4. The zero-order valence-electron chi connectivity index (χ0n) is 21.2. The molecule has 0 fully saturated rings. The minimum atomic E-state index is 0.773. The fraction of sp³-hybridized carbons (Fsp3) is 0. The van der Waals surface area contributed by atoms with Crippen LogP contribution in [0.3, 0.4) is 0 Å². The van der Waals surface area contributed by atoms with Crippen molar-refractivity contribution < 1.29 is 0 Å². The Bertz CT molecular complexity index is 1750. The normalized spacial score (nSPS) is 12.9. The average Bonchev–Trinajstić information content (AvgIpc) is 3.27. The van der Waals surface area contributed by atoms with E-state index in [4.69, 9.17) is 5.73 Å². The molecule has 1 heterocycles. The molecule has 2 N–H and O–H groups in total. The van der Waals surface area contributed by atoms with E-state index in [0.717, 1.165) is 27.9 Å². The van der Waals surface area contributed by atoms with Gasteiger partial charge >= 0.3 is 0 Å². The summed E-state index contributed by atoms with van der Waals surface area (Å²) in [7, 11) is 0.